The topological polar surface area (TPSA) is 39.9 Å². The predicted molar refractivity (Wildman–Crippen MR) is 114 cm³/mol. The number of hydrogen-bond acceptors (Lipinski definition) is 4. The monoisotopic (exact) mass is 463 g/mol. The molecule has 3 rings (SSSR count). The van der Waals surface area contributed by atoms with E-state index in [0.29, 0.717) is 6.54 Å². The first-order valence-corrected chi connectivity index (χ1v) is 10.6. The molecule has 0 amide bonds. The maximum absolute atomic E-state index is 6.25. The normalized spacial score (nSPS) is 12.0. The van der Waals surface area contributed by atoms with Crippen LogP contribution < -0.4 is 4.74 Å². The highest BCUT2D eigenvalue weighted by Gasteiger charge is 2.19. The van der Waals surface area contributed by atoms with Crippen molar-refractivity contribution in [1.29, 1.82) is 0 Å². The van der Waals surface area contributed by atoms with Crippen molar-refractivity contribution >= 4 is 39.3 Å². The van der Waals surface area contributed by atoms with Crippen LogP contribution in [0.5, 0.6) is 5.75 Å². The molecule has 0 bridgehead atoms. The summed E-state index contributed by atoms with van der Waals surface area (Å²) in [7, 11) is 0. The van der Waals surface area contributed by atoms with Gasteiger partial charge in [-0.1, -0.05) is 63.6 Å². The van der Waals surface area contributed by atoms with Gasteiger partial charge in [0.25, 0.3) is 0 Å². The molecule has 0 N–H and O–H groups in total. The molecule has 0 spiro atoms. The molecule has 1 atom stereocenters. The molecule has 3 aromatic rings. The molecule has 1 unspecified atom stereocenters. The molecule has 0 aliphatic heterocycles. The van der Waals surface area contributed by atoms with Gasteiger partial charge in [0.05, 0.1) is 0 Å². The zero-order valence-electron chi connectivity index (χ0n) is 14.8. The summed E-state index contributed by atoms with van der Waals surface area (Å²) in [6, 6.07) is 15.5. The van der Waals surface area contributed by atoms with Crippen LogP contribution in [0.15, 0.2) is 70.8 Å². The fourth-order valence-electron chi connectivity index (χ4n) is 2.54. The van der Waals surface area contributed by atoms with Crippen molar-refractivity contribution in [3.05, 3.63) is 82.1 Å². The third-order valence-corrected chi connectivity index (χ3v) is 5.77. The Hall–Kier alpha value is -1.76. The maximum atomic E-state index is 6.25. The fraction of sp³-hybridized carbons (Fsp3) is 0.200. The van der Waals surface area contributed by atoms with Crippen LogP contribution in [0.4, 0.5) is 0 Å². The molecular weight excluding hydrogens is 446 g/mol. The van der Waals surface area contributed by atoms with Crippen LogP contribution in [-0.2, 0) is 12.3 Å². The van der Waals surface area contributed by atoms with Gasteiger partial charge in [0.2, 0.25) is 0 Å². The Kier molecular flexibility index (Phi) is 6.99. The standard InChI is InChI=1S/C20H19BrClN3OS/c1-3-12-25-19(14(2)26-17-10-8-16(21)9-11-17)23-24-20(25)27-13-15-6-4-5-7-18(15)22/h3-11,14H,1,12-13H2,2H3. The predicted octanol–water partition coefficient (Wildman–Crippen LogP) is 6.31. The summed E-state index contributed by atoms with van der Waals surface area (Å²) in [6.07, 6.45) is 1.59. The second-order valence-corrected chi connectivity index (χ2v) is 8.10. The van der Waals surface area contributed by atoms with Gasteiger partial charge < -0.3 is 4.74 Å². The van der Waals surface area contributed by atoms with Crippen molar-refractivity contribution < 1.29 is 4.74 Å². The van der Waals surface area contributed by atoms with E-state index in [1.807, 2.05) is 66.1 Å². The Balaban J connectivity index is 1.76. The lowest BCUT2D eigenvalue weighted by atomic mass is 10.2. The van der Waals surface area contributed by atoms with Gasteiger partial charge in [-0.05, 0) is 42.8 Å². The number of ether oxygens (including phenoxy) is 1. The van der Waals surface area contributed by atoms with Gasteiger partial charge >= 0.3 is 0 Å². The lowest BCUT2D eigenvalue weighted by Gasteiger charge is -2.16. The lowest BCUT2D eigenvalue weighted by Crippen LogP contribution is -2.12. The summed E-state index contributed by atoms with van der Waals surface area (Å²) < 4.78 is 9.06. The van der Waals surface area contributed by atoms with E-state index in [1.165, 1.54) is 0 Å². The van der Waals surface area contributed by atoms with Gasteiger partial charge in [0, 0.05) is 21.8 Å². The van der Waals surface area contributed by atoms with Crippen molar-refractivity contribution in [3.8, 4) is 5.75 Å². The molecule has 1 aromatic heterocycles. The van der Waals surface area contributed by atoms with Gasteiger partial charge in [-0.15, -0.1) is 16.8 Å². The van der Waals surface area contributed by atoms with E-state index in [-0.39, 0.29) is 6.10 Å². The van der Waals surface area contributed by atoms with Crippen LogP contribution >= 0.6 is 39.3 Å². The number of allylic oxidation sites excluding steroid dienone is 1. The van der Waals surface area contributed by atoms with Crippen LogP contribution in [0.3, 0.4) is 0 Å². The minimum Gasteiger partial charge on any atom is -0.483 e. The van der Waals surface area contributed by atoms with Crippen LogP contribution in [-0.4, -0.2) is 14.8 Å². The number of benzene rings is 2. The molecule has 7 heteroatoms. The summed E-state index contributed by atoms with van der Waals surface area (Å²) in [5.41, 5.74) is 1.07. The molecule has 0 aliphatic rings. The molecule has 4 nitrogen and oxygen atoms in total. The largest absolute Gasteiger partial charge is 0.483 e. The average Bonchev–Trinajstić information content (AvgIpc) is 3.06. The first-order valence-electron chi connectivity index (χ1n) is 8.41. The van der Waals surface area contributed by atoms with E-state index in [4.69, 9.17) is 16.3 Å². The van der Waals surface area contributed by atoms with E-state index >= 15 is 0 Å². The molecule has 0 aliphatic carbocycles. The van der Waals surface area contributed by atoms with Crippen molar-refractivity contribution in [2.24, 2.45) is 0 Å². The minimum atomic E-state index is -0.242. The molecule has 0 fully saturated rings. The Labute approximate surface area is 176 Å². The first kappa shape index (κ1) is 20.0. The molecule has 0 radical (unpaired) electrons. The number of nitrogens with zero attached hydrogens (tertiary/aromatic N) is 3. The van der Waals surface area contributed by atoms with E-state index in [9.17, 15) is 0 Å². The van der Waals surface area contributed by atoms with E-state index in [0.717, 1.165) is 37.5 Å². The second-order valence-electron chi connectivity index (χ2n) is 5.83. The van der Waals surface area contributed by atoms with Crippen LogP contribution in [0.25, 0.3) is 0 Å². The fourth-order valence-corrected chi connectivity index (χ4v) is 4.04. The SMILES string of the molecule is C=CCn1c(SCc2ccccc2Cl)nnc1C(C)Oc1ccc(Br)cc1. The zero-order valence-corrected chi connectivity index (χ0v) is 18.0. The lowest BCUT2D eigenvalue weighted by molar-refractivity contribution is 0.210. The highest BCUT2D eigenvalue weighted by Crippen LogP contribution is 2.29. The molecule has 1 heterocycles. The second kappa shape index (κ2) is 9.44. The molecule has 140 valence electrons. The Morgan fingerprint density at radius 2 is 1.96 bits per heavy atom. The number of hydrogen-bond donors (Lipinski definition) is 0. The van der Waals surface area contributed by atoms with Crippen molar-refractivity contribution in [2.75, 3.05) is 0 Å². The Morgan fingerprint density at radius 1 is 1.22 bits per heavy atom. The quantitative estimate of drug-likeness (QED) is 0.289. The van der Waals surface area contributed by atoms with E-state index in [2.05, 4.69) is 32.7 Å². The van der Waals surface area contributed by atoms with Crippen LogP contribution in [0.2, 0.25) is 5.02 Å². The number of thioether (sulfide) groups is 1. The number of aromatic nitrogens is 3. The van der Waals surface area contributed by atoms with Gasteiger partial charge in [-0.2, -0.15) is 0 Å². The van der Waals surface area contributed by atoms with Gasteiger partial charge in [-0.25, -0.2) is 0 Å². The highest BCUT2D eigenvalue weighted by atomic mass is 79.9. The molecule has 27 heavy (non-hydrogen) atoms. The first-order chi connectivity index (χ1) is 13.1. The molecule has 0 saturated heterocycles. The number of rotatable bonds is 8. The third kappa shape index (κ3) is 5.15. The summed E-state index contributed by atoms with van der Waals surface area (Å²) in [5.74, 6) is 2.26. The summed E-state index contributed by atoms with van der Waals surface area (Å²) in [4.78, 5) is 0. The third-order valence-electron chi connectivity index (χ3n) is 3.86. The Morgan fingerprint density at radius 3 is 2.67 bits per heavy atom. The van der Waals surface area contributed by atoms with Crippen LogP contribution in [0, 0.1) is 0 Å². The van der Waals surface area contributed by atoms with Gasteiger partial charge in [-0.3, -0.25) is 4.57 Å². The average molecular weight is 465 g/mol. The summed E-state index contributed by atoms with van der Waals surface area (Å²) >= 11 is 11.3. The smallest absolute Gasteiger partial charge is 0.191 e. The highest BCUT2D eigenvalue weighted by molar-refractivity contribution is 9.10. The zero-order chi connectivity index (χ0) is 19.2. The minimum absolute atomic E-state index is 0.242. The van der Waals surface area contributed by atoms with Crippen LogP contribution in [0.1, 0.15) is 24.4 Å². The summed E-state index contributed by atoms with van der Waals surface area (Å²) in [5, 5.41) is 10.3. The maximum Gasteiger partial charge on any atom is 0.191 e. The van der Waals surface area contributed by atoms with E-state index < -0.39 is 0 Å². The molecular formula is C20H19BrClN3OS. The van der Waals surface area contributed by atoms with Crippen molar-refractivity contribution in [2.45, 2.75) is 30.5 Å². The Bertz CT molecular complexity index is 914. The van der Waals surface area contributed by atoms with Crippen molar-refractivity contribution in [3.63, 3.8) is 0 Å². The van der Waals surface area contributed by atoms with Gasteiger partial charge in [0.15, 0.2) is 17.1 Å². The summed E-state index contributed by atoms with van der Waals surface area (Å²) in [6.45, 7) is 6.43. The molecule has 0 saturated carbocycles. The van der Waals surface area contributed by atoms with Crippen molar-refractivity contribution in [1.82, 2.24) is 14.8 Å². The van der Waals surface area contributed by atoms with E-state index in [1.54, 1.807) is 11.8 Å². The number of halogens is 2. The van der Waals surface area contributed by atoms with Gasteiger partial charge in [0.1, 0.15) is 5.75 Å². The molecule has 2 aromatic carbocycles.